The maximum atomic E-state index is 5.42. The van der Waals surface area contributed by atoms with Crippen molar-refractivity contribution < 1.29 is 9.47 Å². The van der Waals surface area contributed by atoms with Crippen LogP contribution in [0.5, 0.6) is 11.5 Å². The number of nitrogens with zero attached hydrogens (tertiary/aromatic N) is 1. The molecule has 0 saturated carbocycles. The third-order valence-electron chi connectivity index (χ3n) is 1.70. The highest BCUT2D eigenvalue weighted by Crippen LogP contribution is 2.28. The summed E-state index contributed by atoms with van der Waals surface area (Å²) >= 11 is 0. The Kier molecular flexibility index (Phi) is 1.83. The molecule has 2 N–H and O–H groups in total. The van der Waals surface area contributed by atoms with Gasteiger partial charge in [0.2, 0.25) is 0 Å². The lowest BCUT2D eigenvalue weighted by atomic mass is 10.3. The van der Waals surface area contributed by atoms with Crippen molar-refractivity contribution in [1.82, 2.24) is 4.98 Å². The van der Waals surface area contributed by atoms with Gasteiger partial charge in [-0.1, -0.05) is 0 Å². The molecule has 0 amide bonds. The number of rotatable bonds is 1. The second kappa shape index (κ2) is 2.98. The van der Waals surface area contributed by atoms with E-state index in [4.69, 9.17) is 15.2 Å². The van der Waals surface area contributed by atoms with Crippen molar-refractivity contribution in [2.45, 2.75) is 6.54 Å². The summed E-state index contributed by atoms with van der Waals surface area (Å²) < 4.78 is 10.6. The standard InChI is InChI=1S/C8H10N2O2/c9-4-6-3-7-8(5-10-6)12-2-1-11-7/h3,5H,1-2,4,9H2. The maximum absolute atomic E-state index is 5.42. The minimum absolute atomic E-state index is 0.427. The molecule has 0 bridgehead atoms. The van der Waals surface area contributed by atoms with Gasteiger partial charge in [-0.15, -0.1) is 0 Å². The molecule has 0 spiro atoms. The summed E-state index contributed by atoms with van der Waals surface area (Å²) in [6, 6.07) is 1.81. The number of hydrogen-bond acceptors (Lipinski definition) is 4. The van der Waals surface area contributed by atoms with Crippen LogP contribution in [0.25, 0.3) is 0 Å². The Morgan fingerprint density at radius 1 is 1.33 bits per heavy atom. The lowest BCUT2D eigenvalue weighted by Crippen LogP contribution is -2.16. The van der Waals surface area contributed by atoms with E-state index in [2.05, 4.69) is 4.98 Å². The summed E-state index contributed by atoms with van der Waals surface area (Å²) in [5.41, 5.74) is 6.24. The minimum atomic E-state index is 0.427. The summed E-state index contributed by atoms with van der Waals surface area (Å²) in [6.45, 7) is 1.62. The Hall–Kier alpha value is -1.29. The molecule has 0 atom stereocenters. The van der Waals surface area contributed by atoms with Crippen molar-refractivity contribution in [3.05, 3.63) is 18.0 Å². The Balaban J connectivity index is 2.36. The highest BCUT2D eigenvalue weighted by molar-refractivity contribution is 5.39. The maximum Gasteiger partial charge on any atom is 0.179 e. The molecule has 4 nitrogen and oxygen atoms in total. The van der Waals surface area contributed by atoms with Gasteiger partial charge in [-0.25, -0.2) is 0 Å². The van der Waals surface area contributed by atoms with E-state index >= 15 is 0 Å². The molecule has 0 fully saturated rings. The summed E-state index contributed by atoms with van der Waals surface area (Å²) in [6.07, 6.45) is 1.65. The zero-order chi connectivity index (χ0) is 8.39. The normalized spacial score (nSPS) is 14.4. The minimum Gasteiger partial charge on any atom is -0.486 e. The van der Waals surface area contributed by atoms with Crippen molar-refractivity contribution in [1.29, 1.82) is 0 Å². The van der Waals surface area contributed by atoms with E-state index in [0.29, 0.717) is 25.5 Å². The number of pyridine rings is 1. The molecule has 1 aromatic rings. The highest BCUT2D eigenvalue weighted by Gasteiger charge is 2.11. The first-order valence-electron chi connectivity index (χ1n) is 3.85. The van der Waals surface area contributed by atoms with E-state index in [0.717, 1.165) is 11.4 Å². The van der Waals surface area contributed by atoms with Gasteiger partial charge in [0.15, 0.2) is 11.5 Å². The van der Waals surface area contributed by atoms with Crippen LogP contribution in [0.2, 0.25) is 0 Å². The summed E-state index contributed by atoms with van der Waals surface area (Å²) in [7, 11) is 0. The molecule has 0 radical (unpaired) electrons. The SMILES string of the molecule is NCc1cc2c(cn1)OCCO2. The number of aromatic nitrogens is 1. The van der Waals surface area contributed by atoms with Crippen LogP contribution in [0.1, 0.15) is 5.69 Å². The van der Waals surface area contributed by atoms with Crippen LogP contribution in [0.3, 0.4) is 0 Å². The number of fused-ring (bicyclic) bond motifs is 1. The predicted molar refractivity (Wildman–Crippen MR) is 43.1 cm³/mol. The molecule has 0 aromatic carbocycles. The fourth-order valence-corrected chi connectivity index (χ4v) is 1.10. The number of hydrogen-bond donors (Lipinski definition) is 1. The molecule has 0 unspecified atom stereocenters. The van der Waals surface area contributed by atoms with E-state index in [1.807, 2.05) is 6.07 Å². The summed E-state index contributed by atoms with van der Waals surface area (Å²) in [5.74, 6) is 1.45. The van der Waals surface area contributed by atoms with Crippen molar-refractivity contribution in [3.63, 3.8) is 0 Å². The first kappa shape index (κ1) is 7.36. The molecule has 0 aliphatic carbocycles. The number of ether oxygens (including phenoxy) is 2. The highest BCUT2D eigenvalue weighted by atomic mass is 16.6. The van der Waals surface area contributed by atoms with Gasteiger partial charge >= 0.3 is 0 Å². The molecule has 2 rings (SSSR count). The van der Waals surface area contributed by atoms with Crippen LogP contribution in [-0.2, 0) is 6.54 Å². The number of nitrogens with two attached hydrogens (primary N) is 1. The van der Waals surface area contributed by atoms with E-state index < -0.39 is 0 Å². The molecule has 0 saturated heterocycles. The van der Waals surface area contributed by atoms with E-state index in [-0.39, 0.29) is 0 Å². The van der Waals surface area contributed by atoms with Crippen LogP contribution in [-0.4, -0.2) is 18.2 Å². The van der Waals surface area contributed by atoms with E-state index in [9.17, 15) is 0 Å². The van der Waals surface area contributed by atoms with Gasteiger partial charge in [0, 0.05) is 12.6 Å². The molecular weight excluding hydrogens is 156 g/mol. The lowest BCUT2D eigenvalue weighted by Gasteiger charge is -2.17. The first-order chi connectivity index (χ1) is 5.90. The molecule has 1 aliphatic heterocycles. The van der Waals surface area contributed by atoms with Crippen molar-refractivity contribution in [2.75, 3.05) is 13.2 Å². The summed E-state index contributed by atoms with van der Waals surface area (Å²) in [4.78, 5) is 4.08. The van der Waals surface area contributed by atoms with Gasteiger partial charge in [0.1, 0.15) is 13.2 Å². The van der Waals surface area contributed by atoms with Gasteiger partial charge in [-0.2, -0.15) is 0 Å². The van der Waals surface area contributed by atoms with E-state index in [1.165, 1.54) is 0 Å². The average molecular weight is 166 g/mol. The van der Waals surface area contributed by atoms with Crippen molar-refractivity contribution in [2.24, 2.45) is 5.73 Å². The summed E-state index contributed by atoms with van der Waals surface area (Å²) in [5, 5.41) is 0. The molecule has 1 aliphatic rings. The topological polar surface area (TPSA) is 57.4 Å². The molecular formula is C8H10N2O2. The second-order valence-corrected chi connectivity index (χ2v) is 2.52. The van der Waals surface area contributed by atoms with Crippen molar-refractivity contribution in [3.8, 4) is 11.5 Å². The van der Waals surface area contributed by atoms with Crippen LogP contribution in [0.15, 0.2) is 12.3 Å². The van der Waals surface area contributed by atoms with E-state index in [1.54, 1.807) is 6.20 Å². The van der Waals surface area contributed by atoms with Gasteiger partial charge in [0.05, 0.1) is 11.9 Å². The second-order valence-electron chi connectivity index (χ2n) is 2.52. The van der Waals surface area contributed by atoms with Crippen molar-refractivity contribution >= 4 is 0 Å². The molecule has 4 heteroatoms. The molecule has 1 aromatic heterocycles. The molecule has 12 heavy (non-hydrogen) atoms. The predicted octanol–water partition coefficient (Wildman–Crippen LogP) is 0.311. The zero-order valence-corrected chi connectivity index (χ0v) is 6.62. The van der Waals surface area contributed by atoms with Crippen LogP contribution >= 0.6 is 0 Å². The molecule has 2 heterocycles. The Morgan fingerprint density at radius 2 is 2.08 bits per heavy atom. The fraction of sp³-hybridized carbons (Fsp3) is 0.375. The smallest absolute Gasteiger partial charge is 0.179 e. The Morgan fingerprint density at radius 3 is 2.83 bits per heavy atom. The Bertz CT molecular complexity index is 288. The average Bonchev–Trinajstić information content (AvgIpc) is 2.17. The fourth-order valence-electron chi connectivity index (χ4n) is 1.10. The van der Waals surface area contributed by atoms with Gasteiger partial charge in [-0.05, 0) is 0 Å². The van der Waals surface area contributed by atoms with Gasteiger partial charge < -0.3 is 15.2 Å². The lowest BCUT2D eigenvalue weighted by molar-refractivity contribution is 0.170. The van der Waals surface area contributed by atoms with Crippen LogP contribution in [0.4, 0.5) is 0 Å². The third-order valence-corrected chi connectivity index (χ3v) is 1.70. The largest absolute Gasteiger partial charge is 0.486 e. The first-order valence-corrected chi connectivity index (χ1v) is 3.85. The molecule has 64 valence electrons. The van der Waals surface area contributed by atoms with Gasteiger partial charge in [0.25, 0.3) is 0 Å². The van der Waals surface area contributed by atoms with Crippen LogP contribution in [0, 0.1) is 0 Å². The third kappa shape index (κ3) is 1.21. The van der Waals surface area contributed by atoms with Crippen LogP contribution < -0.4 is 15.2 Å². The van der Waals surface area contributed by atoms with Gasteiger partial charge in [-0.3, -0.25) is 4.98 Å². The Labute approximate surface area is 70.3 Å². The quantitative estimate of drug-likeness (QED) is 0.652. The monoisotopic (exact) mass is 166 g/mol. The zero-order valence-electron chi connectivity index (χ0n) is 6.62.